The molecule has 2 amide bonds. The summed E-state index contributed by atoms with van der Waals surface area (Å²) in [6.07, 6.45) is 2.65. The molecule has 2 aromatic heterocycles. The van der Waals surface area contributed by atoms with Gasteiger partial charge in [-0.1, -0.05) is 6.07 Å². The molecule has 1 aliphatic rings. The van der Waals surface area contributed by atoms with Gasteiger partial charge >= 0.3 is 6.09 Å². The van der Waals surface area contributed by atoms with E-state index in [9.17, 15) is 9.59 Å². The molecule has 1 aliphatic heterocycles. The number of aromatic nitrogens is 3. The van der Waals surface area contributed by atoms with Crippen molar-refractivity contribution < 1.29 is 14.3 Å². The molecule has 0 saturated carbocycles. The number of rotatable bonds is 5. The van der Waals surface area contributed by atoms with Gasteiger partial charge in [0.2, 0.25) is 5.91 Å². The SMILES string of the molecule is Cn1nccc1N1CC(CNC(=O)Cc2ccccn2)OC1=O. The monoisotopic (exact) mass is 315 g/mol. The molecule has 23 heavy (non-hydrogen) atoms. The molecular weight excluding hydrogens is 298 g/mol. The third-order valence-corrected chi connectivity index (χ3v) is 3.54. The molecule has 0 aromatic carbocycles. The molecule has 2 aromatic rings. The summed E-state index contributed by atoms with van der Waals surface area (Å²) in [4.78, 5) is 29.4. The summed E-state index contributed by atoms with van der Waals surface area (Å²) in [6, 6.07) is 7.16. The van der Waals surface area contributed by atoms with Gasteiger partial charge in [-0.25, -0.2) is 4.79 Å². The molecule has 0 spiro atoms. The number of nitrogens with zero attached hydrogens (tertiary/aromatic N) is 4. The minimum absolute atomic E-state index is 0.154. The van der Waals surface area contributed by atoms with Gasteiger partial charge in [0.25, 0.3) is 0 Å². The Bertz CT molecular complexity index is 700. The molecule has 3 rings (SSSR count). The number of ether oxygens (including phenoxy) is 1. The van der Waals surface area contributed by atoms with Crippen molar-refractivity contribution in [1.82, 2.24) is 20.1 Å². The van der Waals surface area contributed by atoms with Crippen LogP contribution in [0.15, 0.2) is 36.7 Å². The Morgan fingerprint density at radius 1 is 1.39 bits per heavy atom. The van der Waals surface area contributed by atoms with Gasteiger partial charge in [-0.2, -0.15) is 5.10 Å². The zero-order valence-electron chi connectivity index (χ0n) is 12.7. The second kappa shape index (κ2) is 6.47. The molecular formula is C15H17N5O3. The van der Waals surface area contributed by atoms with Gasteiger partial charge in [-0.05, 0) is 12.1 Å². The lowest BCUT2D eigenvalue weighted by Crippen LogP contribution is -2.35. The molecule has 1 unspecified atom stereocenters. The van der Waals surface area contributed by atoms with Gasteiger partial charge in [-0.3, -0.25) is 19.4 Å². The van der Waals surface area contributed by atoms with E-state index >= 15 is 0 Å². The van der Waals surface area contributed by atoms with E-state index in [2.05, 4.69) is 15.4 Å². The van der Waals surface area contributed by atoms with Crippen LogP contribution in [0.2, 0.25) is 0 Å². The van der Waals surface area contributed by atoms with Gasteiger partial charge in [0.1, 0.15) is 11.9 Å². The molecule has 0 aliphatic carbocycles. The van der Waals surface area contributed by atoms with Crippen LogP contribution < -0.4 is 10.2 Å². The highest BCUT2D eigenvalue weighted by atomic mass is 16.6. The number of carbonyl (C=O) groups excluding carboxylic acids is 2. The summed E-state index contributed by atoms with van der Waals surface area (Å²) < 4.78 is 6.87. The molecule has 1 N–H and O–H groups in total. The molecule has 3 heterocycles. The topological polar surface area (TPSA) is 89.3 Å². The van der Waals surface area contributed by atoms with Crippen molar-refractivity contribution in [2.45, 2.75) is 12.5 Å². The van der Waals surface area contributed by atoms with Crippen LogP contribution >= 0.6 is 0 Å². The summed E-state index contributed by atoms with van der Waals surface area (Å²) in [5, 5.41) is 6.80. The second-order valence-electron chi connectivity index (χ2n) is 5.23. The predicted molar refractivity (Wildman–Crippen MR) is 81.8 cm³/mol. The van der Waals surface area contributed by atoms with E-state index in [0.29, 0.717) is 18.1 Å². The fourth-order valence-electron chi connectivity index (χ4n) is 2.40. The Morgan fingerprint density at radius 2 is 2.26 bits per heavy atom. The number of amides is 2. The minimum Gasteiger partial charge on any atom is -0.442 e. The number of nitrogens with one attached hydrogen (secondary N) is 1. The number of carbonyl (C=O) groups is 2. The van der Waals surface area contributed by atoms with Gasteiger partial charge in [0.15, 0.2) is 0 Å². The second-order valence-corrected chi connectivity index (χ2v) is 5.23. The maximum absolute atomic E-state index is 11.9. The lowest BCUT2D eigenvalue weighted by molar-refractivity contribution is -0.120. The quantitative estimate of drug-likeness (QED) is 0.868. The van der Waals surface area contributed by atoms with Gasteiger partial charge in [-0.15, -0.1) is 0 Å². The minimum atomic E-state index is -0.433. The van der Waals surface area contributed by atoms with E-state index < -0.39 is 6.09 Å². The number of hydrogen-bond acceptors (Lipinski definition) is 5. The average Bonchev–Trinajstić information content (AvgIpc) is 3.11. The fourth-order valence-corrected chi connectivity index (χ4v) is 2.40. The Hall–Kier alpha value is -2.90. The molecule has 8 heteroatoms. The predicted octanol–water partition coefficient (Wildman–Crippen LogP) is 0.499. The first-order chi connectivity index (χ1) is 11.1. The van der Waals surface area contributed by atoms with E-state index in [1.807, 2.05) is 6.07 Å². The molecule has 0 radical (unpaired) electrons. The summed E-state index contributed by atoms with van der Waals surface area (Å²) in [5.74, 6) is 0.510. The fraction of sp³-hybridized carbons (Fsp3) is 0.333. The Morgan fingerprint density at radius 3 is 2.96 bits per heavy atom. The van der Waals surface area contributed by atoms with Crippen LogP contribution in [-0.4, -0.2) is 46.0 Å². The highest BCUT2D eigenvalue weighted by molar-refractivity contribution is 5.88. The Labute approximate surface area is 133 Å². The van der Waals surface area contributed by atoms with Crippen molar-refractivity contribution >= 4 is 17.8 Å². The Balaban J connectivity index is 1.51. The van der Waals surface area contributed by atoms with Crippen molar-refractivity contribution in [3.63, 3.8) is 0 Å². The molecule has 1 atom stereocenters. The van der Waals surface area contributed by atoms with Crippen molar-refractivity contribution in [3.05, 3.63) is 42.4 Å². The van der Waals surface area contributed by atoms with Crippen LogP contribution in [0.25, 0.3) is 0 Å². The third-order valence-electron chi connectivity index (χ3n) is 3.54. The van der Waals surface area contributed by atoms with Gasteiger partial charge in [0.05, 0.1) is 25.7 Å². The van der Waals surface area contributed by atoms with E-state index in [-0.39, 0.29) is 25.0 Å². The van der Waals surface area contributed by atoms with Crippen LogP contribution in [0.1, 0.15) is 5.69 Å². The molecule has 120 valence electrons. The highest BCUT2D eigenvalue weighted by Gasteiger charge is 2.33. The van der Waals surface area contributed by atoms with Crippen molar-refractivity contribution in [2.75, 3.05) is 18.0 Å². The van der Waals surface area contributed by atoms with E-state index in [1.165, 1.54) is 4.90 Å². The molecule has 1 saturated heterocycles. The van der Waals surface area contributed by atoms with Crippen molar-refractivity contribution in [2.24, 2.45) is 7.05 Å². The van der Waals surface area contributed by atoms with Crippen LogP contribution in [-0.2, 0) is 23.0 Å². The largest absolute Gasteiger partial charge is 0.442 e. The lowest BCUT2D eigenvalue weighted by Gasteiger charge is -2.12. The number of pyridine rings is 1. The standard InChI is InChI=1S/C15H17N5O3/c1-19-14(5-7-18-19)20-10-12(23-15(20)22)9-17-13(21)8-11-4-2-3-6-16-11/h2-7,12H,8-10H2,1H3,(H,17,21). The summed E-state index contributed by atoms with van der Waals surface area (Å²) in [7, 11) is 1.75. The highest BCUT2D eigenvalue weighted by Crippen LogP contribution is 2.20. The van der Waals surface area contributed by atoms with Gasteiger partial charge < -0.3 is 10.1 Å². The first kappa shape index (κ1) is 15.0. The zero-order chi connectivity index (χ0) is 16.2. The number of aryl methyl sites for hydroxylation is 1. The van der Waals surface area contributed by atoms with Crippen LogP contribution in [0, 0.1) is 0 Å². The molecule has 0 bridgehead atoms. The van der Waals surface area contributed by atoms with E-state index in [0.717, 1.165) is 0 Å². The zero-order valence-corrected chi connectivity index (χ0v) is 12.7. The number of hydrogen-bond donors (Lipinski definition) is 1. The maximum Gasteiger partial charge on any atom is 0.416 e. The molecule has 1 fully saturated rings. The summed E-state index contributed by atoms with van der Waals surface area (Å²) in [6.45, 7) is 0.647. The normalized spacial score (nSPS) is 17.2. The van der Waals surface area contributed by atoms with E-state index in [4.69, 9.17) is 4.74 Å². The Kier molecular flexibility index (Phi) is 4.22. The van der Waals surface area contributed by atoms with E-state index in [1.54, 1.807) is 42.3 Å². The lowest BCUT2D eigenvalue weighted by atomic mass is 10.2. The summed E-state index contributed by atoms with van der Waals surface area (Å²) >= 11 is 0. The summed E-state index contributed by atoms with van der Waals surface area (Å²) in [5.41, 5.74) is 0.699. The smallest absolute Gasteiger partial charge is 0.416 e. The third kappa shape index (κ3) is 3.47. The average molecular weight is 315 g/mol. The van der Waals surface area contributed by atoms with Crippen molar-refractivity contribution in [1.29, 1.82) is 0 Å². The first-order valence-electron chi connectivity index (χ1n) is 7.26. The number of cyclic esters (lactones) is 1. The van der Waals surface area contributed by atoms with Crippen molar-refractivity contribution in [3.8, 4) is 0 Å². The maximum atomic E-state index is 11.9. The first-order valence-corrected chi connectivity index (χ1v) is 7.26. The van der Waals surface area contributed by atoms with Crippen LogP contribution in [0.3, 0.4) is 0 Å². The van der Waals surface area contributed by atoms with Crippen LogP contribution in [0.4, 0.5) is 10.6 Å². The van der Waals surface area contributed by atoms with Crippen LogP contribution in [0.5, 0.6) is 0 Å². The van der Waals surface area contributed by atoms with Gasteiger partial charge in [0, 0.05) is 25.0 Å². The number of anilines is 1. The molecule has 8 nitrogen and oxygen atoms in total.